The van der Waals surface area contributed by atoms with Gasteiger partial charge in [0.2, 0.25) is 0 Å². The maximum Gasteiger partial charge on any atom is 0.171 e. The van der Waals surface area contributed by atoms with E-state index < -0.39 is 0 Å². The number of hydrogen-bond donors (Lipinski definition) is 2. The molecule has 1 aromatic carbocycles. The number of hydrogen-bond acceptors (Lipinski definition) is 2. The normalized spacial score (nSPS) is 10.1. The highest BCUT2D eigenvalue weighted by Crippen LogP contribution is 2.17. The van der Waals surface area contributed by atoms with Crippen molar-refractivity contribution in [1.29, 1.82) is 0 Å². The summed E-state index contributed by atoms with van der Waals surface area (Å²) in [6, 6.07) is 11.6. The average Bonchev–Trinajstić information content (AvgIpc) is 2.41. The third-order valence-electron chi connectivity index (χ3n) is 2.58. The van der Waals surface area contributed by atoms with E-state index in [0.29, 0.717) is 10.9 Å². The fourth-order valence-corrected chi connectivity index (χ4v) is 2.41. The van der Waals surface area contributed by atoms with Crippen molar-refractivity contribution in [1.82, 2.24) is 10.3 Å². The maximum atomic E-state index is 5.94. The van der Waals surface area contributed by atoms with Crippen molar-refractivity contribution < 1.29 is 0 Å². The Bertz CT molecular complexity index is 606. The van der Waals surface area contributed by atoms with Gasteiger partial charge in [0.05, 0.1) is 4.47 Å². The Labute approximate surface area is 136 Å². The molecule has 0 atom stereocenters. The molecule has 3 nitrogen and oxygen atoms in total. The van der Waals surface area contributed by atoms with Crippen LogP contribution in [0.5, 0.6) is 0 Å². The molecule has 0 unspecified atom stereocenters. The Kier molecular flexibility index (Phi) is 5.76. The van der Waals surface area contributed by atoms with Crippen LogP contribution < -0.4 is 10.6 Å². The zero-order valence-corrected chi connectivity index (χ0v) is 13.7. The van der Waals surface area contributed by atoms with Crippen molar-refractivity contribution in [2.24, 2.45) is 0 Å². The van der Waals surface area contributed by atoms with Gasteiger partial charge in [-0.05, 0) is 64.4 Å². The summed E-state index contributed by atoms with van der Waals surface area (Å²) < 4.78 is 0.874. The minimum atomic E-state index is 0.548. The molecule has 20 heavy (non-hydrogen) atoms. The van der Waals surface area contributed by atoms with Gasteiger partial charge < -0.3 is 10.6 Å². The molecule has 104 valence electrons. The van der Waals surface area contributed by atoms with Crippen molar-refractivity contribution in [3.8, 4) is 0 Å². The van der Waals surface area contributed by atoms with Gasteiger partial charge in [-0.1, -0.05) is 23.7 Å². The SMILES string of the molecule is S=C(NCCc1cccc(Cl)c1)Nc1ncccc1Br. The lowest BCUT2D eigenvalue weighted by Crippen LogP contribution is -2.30. The van der Waals surface area contributed by atoms with E-state index in [1.165, 1.54) is 5.56 Å². The van der Waals surface area contributed by atoms with Crippen molar-refractivity contribution >= 4 is 50.7 Å². The third kappa shape index (κ3) is 4.74. The first-order valence-corrected chi connectivity index (χ1v) is 7.63. The van der Waals surface area contributed by atoms with E-state index in [0.717, 1.165) is 22.5 Å². The molecular formula is C14H13BrClN3S. The van der Waals surface area contributed by atoms with Gasteiger partial charge in [-0.3, -0.25) is 0 Å². The van der Waals surface area contributed by atoms with Gasteiger partial charge >= 0.3 is 0 Å². The molecule has 0 aliphatic heterocycles. The van der Waals surface area contributed by atoms with E-state index in [4.69, 9.17) is 23.8 Å². The molecule has 0 fully saturated rings. The molecule has 2 rings (SSSR count). The molecule has 0 amide bonds. The Balaban J connectivity index is 1.80. The Morgan fingerprint density at radius 2 is 2.15 bits per heavy atom. The monoisotopic (exact) mass is 369 g/mol. The molecule has 2 aromatic rings. The molecule has 0 aliphatic rings. The van der Waals surface area contributed by atoms with Gasteiger partial charge in [0.15, 0.2) is 5.11 Å². The van der Waals surface area contributed by atoms with Crippen LogP contribution in [0.25, 0.3) is 0 Å². The molecule has 1 aromatic heterocycles. The van der Waals surface area contributed by atoms with Gasteiger partial charge in [0.1, 0.15) is 5.82 Å². The molecule has 1 heterocycles. The average molecular weight is 371 g/mol. The minimum Gasteiger partial charge on any atom is -0.362 e. The van der Waals surface area contributed by atoms with E-state index >= 15 is 0 Å². The summed E-state index contributed by atoms with van der Waals surface area (Å²) in [5.41, 5.74) is 1.17. The zero-order valence-electron chi connectivity index (χ0n) is 10.6. The van der Waals surface area contributed by atoms with Crippen LogP contribution >= 0.6 is 39.7 Å². The molecular weight excluding hydrogens is 358 g/mol. The molecule has 0 radical (unpaired) electrons. The van der Waals surface area contributed by atoms with Gasteiger partial charge in [-0.15, -0.1) is 0 Å². The van der Waals surface area contributed by atoms with E-state index in [2.05, 4.69) is 31.5 Å². The second-order valence-electron chi connectivity index (χ2n) is 4.09. The van der Waals surface area contributed by atoms with Gasteiger partial charge in [0, 0.05) is 17.8 Å². The van der Waals surface area contributed by atoms with E-state index in [-0.39, 0.29) is 0 Å². The lowest BCUT2D eigenvalue weighted by Gasteiger charge is -2.10. The third-order valence-corrected chi connectivity index (χ3v) is 3.70. The van der Waals surface area contributed by atoms with Crippen molar-refractivity contribution in [2.45, 2.75) is 6.42 Å². The first kappa shape index (κ1) is 15.2. The van der Waals surface area contributed by atoms with Crippen LogP contribution in [0.4, 0.5) is 5.82 Å². The van der Waals surface area contributed by atoms with Crippen molar-refractivity contribution in [3.63, 3.8) is 0 Å². The van der Waals surface area contributed by atoms with Crippen LogP contribution in [-0.4, -0.2) is 16.6 Å². The molecule has 0 saturated heterocycles. The molecule has 0 spiro atoms. The predicted molar refractivity (Wildman–Crippen MR) is 91.3 cm³/mol. The highest BCUT2D eigenvalue weighted by molar-refractivity contribution is 9.10. The number of aromatic nitrogens is 1. The molecule has 6 heteroatoms. The van der Waals surface area contributed by atoms with E-state index in [1.54, 1.807) is 6.20 Å². The van der Waals surface area contributed by atoms with Crippen LogP contribution in [0.1, 0.15) is 5.56 Å². The first-order chi connectivity index (χ1) is 9.65. The lowest BCUT2D eigenvalue weighted by molar-refractivity contribution is 0.873. The highest BCUT2D eigenvalue weighted by atomic mass is 79.9. The van der Waals surface area contributed by atoms with Crippen molar-refractivity contribution in [3.05, 3.63) is 57.7 Å². The number of benzene rings is 1. The van der Waals surface area contributed by atoms with Gasteiger partial charge in [0.25, 0.3) is 0 Å². The van der Waals surface area contributed by atoms with Crippen LogP contribution in [0.3, 0.4) is 0 Å². The largest absolute Gasteiger partial charge is 0.362 e. The smallest absolute Gasteiger partial charge is 0.171 e. The topological polar surface area (TPSA) is 37.0 Å². The standard InChI is InChI=1S/C14H13BrClN3S/c15-12-5-2-7-17-13(12)19-14(20)18-8-6-10-3-1-4-11(16)9-10/h1-5,7,9H,6,8H2,(H2,17,18,19,20). The van der Waals surface area contributed by atoms with Crippen molar-refractivity contribution in [2.75, 3.05) is 11.9 Å². The second kappa shape index (κ2) is 7.57. The molecule has 0 saturated carbocycles. The molecule has 0 bridgehead atoms. The maximum absolute atomic E-state index is 5.94. The number of rotatable bonds is 4. The highest BCUT2D eigenvalue weighted by Gasteiger charge is 2.02. The number of pyridine rings is 1. The Hall–Kier alpha value is -1.17. The number of thiocarbonyl (C=S) groups is 1. The summed E-state index contributed by atoms with van der Waals surface area (Å²) in [4.78, 5) is 4.19. The van der Waals surface area contributed by atoms with Gasteiger partial charge in [-0.2, -0.15) is 0 Å². The quantitative estimate of drug-likeness (QED) is 0.797. The summed E-state index contributed by atoms with van der Waals surface area (Å²) in [5.74, 6) is 0.702. The number of nitrogens with one attached hydrogen (secondary N) is 2. The summed E-state index contributed by atoms with van der Waals surface area (Å²) in [7, 11) is 0. The van der Waals surface area contributed by atoms with E-state index in [9.17, 15) is 0 Å². The number of nitrogens with zero attached hydrogens (tertiary/aromatic N) is 1. The van der Waals surface area contributed by atoms with Crippen LogP contribution in [0, 0.1) is 0 Å². The Morgan fingerprint density at radius 3 is 2.90 bits per heavy atom. The summed E-state index contributed by atoms with van der Waals surface area (Å²) in [5, 5.41) is 7.49. The second-order valence-corrected chi connectivity index (χ2v) is 5.79. The number of halogens is 2. The lowest BCUT2D eigenvalue weighted by atomic mass is 10.1. The van der Waals surface area contributed by atoms with Crippen LogP contribution in [0.15, 0.2) is 47.1 Å². The zero-order chi connectivity index (χ0) is 14.4. The summed E-state index contributed by atoms with van der Waals surface area (Å²) in [6.45, 7) is 0.733. The molecule has 2 N–H and O–H groups in total. The van der Waals surface area contributed by atoms with Crippen LogP contribution in [0.2, 0.25) is 5.02 Å². The number of anilines is 1. The predicted octanol–water partition coefficient (Wildman–Crippen LogP) is 4.03. The first-order valence-electron chi connectivity index (χ1n) is 6.05. The summed E-state index contributed by atoms with van der Waals surface area (Å²) >= 11 is 14.6. The fraction of sp³-hybridized carbons (Fsp3) is 0.143. The van der Waals surface area contributed by atoms with Crippen LogP contribution in [-0.2, 0) is 6.42 Å². The Morgan fingerprint density at radius 1 is 1.30 bits per heavy atom. The van der Waals surface area contributed by atoms with E-state index in [1.807, 2.05) is 36.4 Å². The summed E-state index contributed by atoms with van der Waals surface area (Å²) in [6.07, 6.45) is 2.56. The minimum absolute atomic E-state index is 0.548. The fourth-order valence-electron chi connectivity index (χ4n) is 1.64. The van der Waals surface area contributed by atoms with Gasteiger partial charge in [-0.25, -0.2) is 4.98 Å². The molecule has 0 aliphatic carbocycles.